The van der Waals surface area contributed by atoms with Crippen LogP contribution in [0.1, 0.15) is 32.4 Å². The van der Waals surface area contributed by atoms with E-state index in [0.717, 1.165) is 6.07 Å². The summed E-state index contributed by atoms with van der Waals surface area (Å²) in [4.78, 5) is 11.5. The molecule has 2 unspecified atom stereocenters. The number of nitrogens with one attached hydrogen (secondary N) is 1. The van der Waals surface area contributed by atoms with Gasteiger partial charge in [0, 0.05) is 18.2 Å². The third-order valence-corrected chi connectivity index (χ3v) is 2.45. The highest BCUT2D eigenvalue weighted by molar-refractivity contribution is 5.80. The summed E-state index contributed by atoms with van der Waals surface area (Å²) in [6, 6.07) is 3.85. The van der Waals surface area contributed by atoms with Crippen molar-refractivity contribution in [3.8, 4) is 5.75 Å². The fourth-order valence-corrected chi connectivity index (χ4v) is 1.52. The van der Waals surface area contributed by atoms with Gasteiger partial charge in [-0.15, -0.1) is 0 Å². The first-order chi connectivity index (χ1) is 8.45. The maximum Gasteiger partial charge on any atom is 0.260 e. The summed E-state index contributed by atoms with van der Waals surface area (Å²) in [6.45, 7) is 5.42. The molecule has 2 atom stereocenters. The van der Waals surface area contributed by atoms with Crippen molar-refractivity contribution in [3.05, 3.63) is 29.6 Å². The average Bonchev–Trinajstić information content (AvgIpc) is 2.28. The molecule has 4 nitrogen and oxygen atoms in total. The fourth-order valence-electron chi connectivity index (χ4n) is 1.52. The first-order valence-electron chi connectivity index (χ1n) is 5.87. The van der Waals surface area contributed by atoms with Gasteiger partial charge in [0.2, 0.25) is 0 Å². The molecule has 5 heteroatoms. The van der Waals surface area contributed by atoms with Crippen LogP contribution < -0.4 is 10.1 Å². The van der Waals surface area contributed by atoms with E-state index in [0.29, 0.717) is 12.1 Å². The summed E-state index contributed by atoms with van der Waals surface area (Å²) < 4.78 is 18.5. The number of aliphatic hydroxyl groups excluding tert-OH is 1. The minimum Gasteiger partial charge on any atom is -0.480 e. The van der Waals surface area contributed by atoms with Crippen molar-refractivity contribution in [2.45, 2.75) is 33.0 Å². The Bertz CT molecular complexity index is 421. The summed E-state index contributed by atoms with van der Waals surface area (Å²) in [5.41, 5.74) is 0.451. The molecule has 0 aromatic heterocycles. The van der Waals surface area contributed by atoms with Gasteiger partial charge in [-0.05, 0) is 32.9 Å². The van der Waals surface area contributed by atoms with E-state index in [4.69, 9.17) is 4.74 Å². The van der Waals surface area contributed by atoms with Crippen LogP contribution >= 0.6 is 0 Å². The predicted molar refractivity (Wildman–Crippen MR) is 65.8 cm³/mol. The number of rotatable bonds is 5. The lowest BCUT2D eigenvalue weighted by molar-refractivity contribution is -0.127. The number of aliphatic hydroxyl groups is 1. The van der Waals surface area contributed by atoms with Gasteiger partial charge in [-0.25, -0.2) is 4.39 Å². The largest absolute Gasteiger partial charge is 0.480 e. The smallest absolute Gasteiger partial charge is 0.260 e. The number of carbonyl (C=O) groups excluding carboxylic acids is 1. The van der Waals surface area contributed by atoms with E-state index in [9.17, 15) is 14.3 Å². The van der Waals surface area contributed by atoms with Gasteiger partial charge in [0.25, 0.3) is 5.91 Å². The molecule has 0 aliphatic heterocycles. The van der Waals surface area contributed by atoms with Crippen LogP contribution in [0.15, 0.2) is 18.2 Å². The molecule has 1 rings (SSSR count). The molecule has 0 aliphatic rings. The molecule has 0 spiro atoms. The quantitative estimate of drug-likeness (QED) is 0.843. The Morgan fingerprint density at radius 3 is 2.72 bits per heavy atom. The first kappa shape index (κ1) is 14.4. The number of likely N-dealkylation sites (N-methyl/N-ethyl adjacent to an activating group) is 1. The van der Waals surface area contributed by atoms with Crippen LogP contribution in [0, 0.1) is 5.82 Å². The van der Waals surface area contributed by atoms with Crippen molar-refractivity contribution < 1.29 is 19.0 Å². The summed E-state index contributed by atoms with van der Waals surface area (Å²) in [5.74, 6) is -0.570. The molecule has 100 valence electrons. The van der Waals surface area contributed by atoms with Crippen molar-refractivity contribution >= 4 is 5.91 Å². The number of hydrogen-bond acceptors (Lipinski definition) is 3. The van der Waals surface area contributed by atoms with Crippen LogP contribution in [0.25, 0.3) is 0 Å². The molecule has 1 amide bonds. The average molecular weight is 255 g/mol. The van der Waals surface area contributed by atoms with E-state index in [-0.39, 0.29) is 11.7 Å². The van der Waals surface area contributed by atoms with Crippen LogP contribution in [0.4, 0.5) is 4.39 Å². The minimum absolute atomic E-state index is 0.184. The standard InChI is InChI=1S/C13H18FNO3/c1-4-15-13(17)9(3)18-12-7-10(14)5-6-11(12)8(2)16/h5-9,16H,4H2,1-3H3,(H,15,17). The van der Waals surface area contributed by atoms with E-state index in [2.05, 4.69) is 5.32 Å². The molecule has 0 fully saturated rings. The second-order valence-electron chi connectivity index (χ2n) is 4.01. The van der Waals surface area contributed by atoms with Crippen LogP contribution in [0.2, 0.25) is 0 Å². The minimum atomic E-state index is -0.790. The highest BCUT2D eigenvalue weighted by Gasteiger charge is 2.17. The van der Waals surface area contributed by atoms with Crippen molar-refractivity contribution in [1.29, 1.82) is 0 Å². The number of amides is 1. The van der Waals surface area contributed by atoms with E-state index < -0.39 is 18.0 Å². The highest BCUT2D eigenvalue weighted by Crippen LogP contribution is 2.26. The van der Waals surface area contributed by atoms with E-state index in [1.807, 2.05) is 0 Å². The van der Waals surface area contributed by atoms with Gasteiger partial charge in [0.1, 0.15) is 11.6 Å². The summed E-state index contributed by atoms with van der Waals surface area (Å²) in [6.07, 6.45) is -1.54. The van der Waals surface area contributed by atoms with Gasteiger partial charge in [-0.1, -0.05) is 0 Å². The Balaban J connectivity index is 2.88. The SMILES string of the molecule is CCNC(=O)C(C)Oc1cc(F)ccc1C(C)O. The molecule has 0 heterocycles. The van der Waals surface area contributed by atoms with Gasteiger partial charge in [-0.2, -0.15) is 0 Å². The monoisotopic (exact) mass is 255 g/mol. The molecule has 0 saturated carbocycles. The lowest BCUT2D eigenvalue weighted by Gasteiger charge is -2.18. The maximum absolute atomic E-state index is 13.1. The molecule has 0 bridgehead atoms. The fraction of sp³-hybridized carbons (Fsp3) is 0.462. The third kappa shape index (κ3) is 3.70. The van der Waals surface area contributed by atoms with Crippen LogP contribution in [-0.4, -0.2) is 23.7 Å². The lowest BCUT2D eigenvalue weighted by Crippen LogP contribution is -2.36. The Kier molecular flexibility index (Phi) is 5.09. The van der Waals surface area contributed by atoms with Crippen LogP contribution in [0.3, 0.4) is 0 Å². The Morgan fingerprint density at radius 2 is 2.17 bits per heavy atom. The molecular weight excluding hydrogens is 237 g/mol. The Hall–Kier alpha value is -1.62. The molecule has 1 aromatic rings. The highest BCUT2D eigenvalue weighted by atomic mass is 19.1. The number of benzene rings is 1. The molecule has 0 aliphatic carbocycles. The maximum atomic E-state index is 13.1. The predicted octanol–water partition coefficient (Wildman–Crippen LogP) is 1.78. The molecule has 18 heavy (non-hydrogen) atoms. The number of carbonyl (C=O) groups is 1. The number of halogens is 1. The van der Waals surface area contributed by atoms with Crippen molar-refractivity contribution in [2.24, 2.45) is 0 Å². The van der Waals surface area contributed by atoms with Gasteiger partial charge < -0.3 is 15.2 Å². The molecule has 1 aromatic carbocycles. The topological polar surface area (TPSA) is 58.6 Å². The van der Waals surface area contributed by atoms with E-state index in [1.165, 1.54) is 12.1 Å². The second-order valence-corrected chi connectivity index (χ2v) is 4.01. The first-order valence-corrected chi connectivity index (χ1v) is 5.87. The number of hydrogen-bond donors (Lipinski definition) is 2. The molecule has 0 radical (unpaired) electrons. The zero-order valence-electron chi connectivity index (χ0n) is 10.7. The van der Waals surface area contributed by atoms with Crippen molar-refractivity contribution in [2.75, 3.05) is 6.54 Å². The molecule has 0 saturated heterocycles. The van der Waals surface area contributed by atoms with Gasteiger partial charge >= 0.3 is 0 Å². The summed E-state index contributed by atoms with van der Waals surface area (Å²) >= 11 is 0. The molecule has 2 N–H and O–H groups in total. The molecular formula is C13H18FNO3. The normalized spacial score (nSPS) is 13.8. The van der Waals surface area contributed by atoms with Crippen molar-refractivity contribution in [1.82, 2.24) is 5.32 Å². The van der Waals surface area contributed by atoms with Gasteiger partial charge in [0.15, 0.2) is 6.10 Å². The van der Waals surface area contributed by atoms with Gasteiger partial charge in [0.05, 0.1) is 6.10 Å². The Labute approximate surface area is 106 Å². The van der Waals surface area contributed by atoms with Crippen LogP contribution in [-0.2, 0) is 4.79 Å². The second kappa shape index (κ2) is 6.35. The zero-order valence-corrected chi connectivity index (χ0v) is 10.7. The summed E-state index contributed by atoms with van der Waals surface area (Å²) in [7, 11) is 0. The number of ether oxygens (including phenoxy) is 1. The van der Waals surface area contributed by atoms with E-state index in [1.54, 1.807) is 20.8 Å². The third-order valence-electron chi connectivity index (χ3n) is 2.45. The van der Waals surface area contributed by atoms with Gasteiger partial charge in [-0.3, -0.25) is 4.79 Å². The lowest BCUT2D eigenvalue weighted by atomic mass is 10.1. The zero-order chi connectivity index (χ0) is 13.7. The van der Waals surface area contributed by atoms with Crippen molar-refractivity contribution in [3.63, 3.8) is 0 Å². The van der Waals surface area contributed by atoms with E-state index >= 15 is 0 Å². The Morgan fingerprint density at radius 1 is 1.50 bits per heavy atom. The van der Waals surface area contributed by atoms with Crippen LogP contribution in [0.5, 0.6) is 5.75 Å². The summed E-state index contributed by atoms with van der Waals surface area (Å²) in [5, 5.41) is 12.2.